The van der Waals surface area contributed by atoms with Crippen molar-refractivity contribution in [2.24, 2.45) is 0 Å². The minimum absolute atomic E-state index is 0.0172. The summed E-state index contributed by atoms with van der Waals surface area (Å²) in [5.74, 6) is -0.421. The molecule has 0 aromatic rings. The van der Waals surface area contributed by atoms with Gasteiger partial charge < -0.3 is 34.3 Å². The number of hydrogen-bond acceptors (Lipinski definition) is 11. The van der Waals surface area contributed by atoms with Gasteiger partial charge in [0.15, 0.2) is 6.29 Å². The predicted molar refractivity (Wildman–Crippen MR) is 284 cm³/mol. The number of aliphatic hydroxyl groups excluding tert-OH is 3. The molecule has 70 heavy (non-hydrogen) atoms. The Labute approximate surface area is 424 Å². The molecule has 1 saturated heterocycles. The molecule has 0 aromatic heterocycles. The summed E-state index contributed by atoms with van der Waals surface area (Å²) in [6.45, 7) is 3.72. The van der Waals surface area contributed by atoms with Crippen molar-refractivity contribution < 1.29 is 56.2 Å². The van der Waals surface area contributed by atoms with Crippen molar-refractivity contribution in [3.63, 3.8) is 0 Å². The van der Waals surface area contributed by atoms with Gasteiger partial charge in [-0.05, 0) is 96.3 Å². The molecule has 1 rings (SSSR count). The zero-order valence-corrected chi connectivity index (χ0v) is 43.8. The van der Waals surface area contributed by atoms with E-state index in [4.69, 9.17) is 18.9 Å². The van der Waals surface area contributed by atoms with E-state index >= 15 is 0 Å². The Morgan fingerprint density at radius 2 is 0.943 bits per heavy atom. The maximum absolute atomic E-state index is 12.9. The molecule has 1 aliphatic rings. The van der Waals surface area contributed by atoms with Gasteiger partial charge in [0, 0.05) is 13.0 Å². The number of hydrogen-bond donors (Lipinski definition) is 4. The molecule has 0 saturated carbocycles. The number of ether oxygens (including phenoxy) is 4. The SMILES string of the molecule is CC/C=C\C/C=C\C/C=C\C/C=C\C/C=C\C/C=C\CCCCCCCCC(=O)OC(COCCCCCCCCCC/C=C\C/C=C\C/C=C\CC)COC1OC(CO)C(O)C(OS(=O)(=O)O)C1O. The van der Waals surface area contributed by atoms with E-state index in [1.807, 2.05) is 0 Å². The number of aliphatic hydroxyl groups is 3. The molecule has 13 heteroatoms. The fraction of sp³-hybridized carbons (Fsp3) is 0.667. The van der Waals surface area contributed by atoms with Gasteiger partial charge >= 0.3 is 16.4 Å². The highest BCUT2D eigenvalue weighted by atomic mass is 32.3. The van der Waals surface area contributed by atoms with Crippen LogP contribution in [0.4, 0.5) is 0 Å². The van der Waals surface area contributed by atoms with E-state index in [-0.39, 0.29) is 19.6 Å². The molecule has 12 nitrogen and oxygen atoms in total. The Hall–Kier alpha value is -3.24. The maximum Gasteiger partial charge on any atom is 0.397 e. The summed E-state index contributed by atoms with van der Waals surface area (Å²) in [6.07, 6.45) is 56.8. The van der Waals surface area contributed by atoms with Gasteiger partial charge in [0.1, 0.15) is 30.5 Å². The summed E-state index contributed by atoms with van der Waals surface area (Å²) in [7, 11) is -5.08. The van der Waals surface area contributed by atoms with Crippen LogP contribution in [0.5, 0.6) is 0 Å². The van der Waals surface area contributed by atoms with Gasteiger partial charge in [-0.25, -0.2) is 4.18 Å². The molecule has 0 radical (unpaired) electrons. The van der Waals surface area contributed by atoms with Crippen LogP contribution >= 0.6 is 0 Å². The standard InChI is InChI=1S/C57H94O12S/c1-3-5-7-9-11-13-15-17-19-21-23-24-25-26-27-28-29-30-32-34-36-38-40-42-44-46-53(59)67-51(50-66-57-55(61)56(69-70(62,63)64)54(60)52(48-58)68-57)49-65-47-45-43-41-39-37-35-33-31-22-20-18-16-14-12-10-8-6-4-2/h5-8,11-14,17-20,23-24,26-27,29-30,51-52,54-58,60-61H,3-4,9-10,15-16,21-22,25,28,31-50H2,1-2H3,(H,62,63,64)/b7-5-,8-6-,13-11-,14-12-,19-17-,20-18-,24-23-,27-26-,30-29-. The minimum Gasteiger partial charge on any atom is -0.457 e. The van der Waals surface area contributed by atoms with Gasteiger partial charge in [-0.3, -0.25) is 9.35 Å². The second kappa shape index (κ2) is 46.8. The van der Waals surface area contributed by atoms with Crippen molar-refractivity contribution in [3.8, 4) is 0 Å². The first-order valence-corrected chi connectivity index (χ1v) is 28.0. The number of esters is 1. The molecule has 0 spiro atoms. The summed E-state index contributed by atoms with van der Waals surface area (Å²) in [6, 6.07) is 0. The van der Waals surface area contributed by atoms with Crippen LogP contribution in [0.25, 0.3) is 0 Å². The third-order valence-electron chi connectivity index (χ3n) is 11.4. The normalized spacial score (nSPS) is 20.0. The van der Waals surface area contributed by atoms with Crippen LogP contribution in [-0.2, 0) is 38.3 Å². The van der Waals surface area contributed by atoms with Crippen LogP contribution in [-0.4, -0.2) is 97.5 Å². The summed E-state index contributed by atoms with van der Waals surface area (Å²) >= 11 is 0. The van der Waals surface area contributed by atoms with E-state index in [1.165, 1.54) is 32.1 Å². The molecule has 0 bridgehead atoms. The molecule has 0 aliphatic carbocycles. The molecule has 1 aliphatic heterocycles. The molecule has 6 atom stereocenters. The van der Waals surface area contributed by atoms with Crippen molar-refractivity contribution in [1.29, 1.82) is 0 Å². The molecule has 1 heterocycles. The lowest BCUT2D eigenvalue weighted by Gasteiger charge is -2.41. The molecule has 400 valence electrons. The van der Waals surface area contributed by atoms with Gasteiger partial charge in [-0.15, -0.1) is 0 Å². The van der Waals surface area contributed by atoms with Crippen molar-refractivity contribution in [2.45, 2.75) is 218 Å². The van der Waals surface area contributed by atoms with Gasteiger partial charge in [-0.1, -0.05) is 187 Å². The fourth-order valence-corrected chi connectivity index (χ4v) is 7.96. The lowest BCUT2D eigenvalue weighted by atomic mass is 9.99. The third kappa shape index (κ3) is 39.4. The number of unbranched alkanes of at least 4 members (excludes halogenated alkanes) is 14. The number of carbonyl (C=O) groups is 1. The molecular weight excluding hydrogens is 909 g/mol. The lowest BCUT2D eigenvalue weighted by Crippen LogP contribution is -2.60. The van der Waals surface area contributed by atoms with Crippen LogP contribution in [0.15, 0.2) is 109 Å². The average molecular weight is 1000 g/mol. The largest absolute Gasteiger partial charge is 0.457 e. The first-order valence-electron chi connectivity index (χ1n) is 26.6. The first kappa shape index (κ1) is 64.8. The molecule has 0 aromatic carbocycles. The molecule has 6 unspecified atom stereocenters. The zero-order valence-electron chi connectivity index (χ0n) is 43.0. The summed E-state index contributed by atoms with van der Waals surface area (Å²) in [4.78, 5) is 12.9. The zero-order chi connectivity index (χ0) is 51.0. The Morgan fingerprint density at radius 1 is 0.543 bits per heavy atom. The van der Waals surface area contributed by atoms with Crippen molar-refractivity contribution in [2.75, 3.05) is 26.4 Å². The Kier molecular flexibility index (Phi) is 43.3. The molecule has 0 amide bonds. The van der Waals surface area contributed by atoms with E-state index in [0.29, 0.717) is 13.0 Å². The van der Waals surface area contributed by atoms with Crippen LogP contribution in [0.3, 0.4) is 0 Å². The quantitative estimate of drug-likeness (QED) is 0.0197. The van der Waals surface area contributed by atoms with Gasteiger partial charge in [0.25, 0.3) is 0 Å². The summed E-state index contributed by atoms with van der Waals surface area (Å²) in [5.41, 5.74) is 0. The number of rotatable bonds is 45. The third-order valence-corrected chi connectivity index (χ3v) is 11.9. The van der Waals surface area contributed by atoms with Crippen LogP contribution in [0, 0.1) is 0 Å². The second-order valence-corrected chi connectivity index (χ2v) is 18.7. The first-order chi connectivity index (χ1) is 34.1. The highest BCUT2D eigenvalue weighted by Gasteiger charge is 2.48. The lowest BCUT2D eigenvalue weighted by molar-refractivity contribution is -0.301. The fourth-order valence-electron chi connectivity index (χ4n) is 7.45. The van der Waals surface area contributed by atoms with Gasteiger partial charge in [0.05, 0.1) is 19.8 Å². The smallest absolute Gasteiger partial charge is 0.397 e. The van der Waals surface area contributed by atoms with Gasteiger partial charge in [0.2, 0.25) is 0 Å². The monoisotopic (exact) mass is 1000 g/mol. The van der Waals surface area contributed by atoms with Gasteiger partial charge in [-0.2, -0.15) is 8.42 Å². The van der Waals surface area contributed by atoms with Crippen molar-refractivity contribution in [3.05, 3.63) is 109 Å². The highest BCUT2D eigenvalue weighted by Crippen LogP contribution is 2.26. The number of carbonyl (C=O) groups excluding carboxylic acids is 1. The Morgan fingerprint density at radius 3 is 1.37 bits per heavy atom. The number of allylic oxidation sites excluding steroid dienone is 18. The van der Waals surface area contributed by atoms with Crippen LogP contribution in [0.2, 0.25) is 0 Å². The maximum atomic E-state index is 12.9. The minimum atomic E-state index is -5.08. The average Bonchev–Trinajstić information content (AvgIpc) is 3.34. The molecular formula is C57H94O12S. The molecule has 4 N–H and O–H groups in total. The van der Waals surface area contributed by atoms with E-state index in [1.54, 1.807) is 0 Å². The van der Waals surface area contributed by atoms with Crippen LogP contribution in [0.1, 0.15) is 181 Å². The Bertz CT molecular complexity index is 1630. The van der Waals surface area contributed by atoms with Crippen molar-refractivity contribution >= 4 is 16.4 Å². The molecule has 1 fully saturated rings. The van der Waals surface area contributed by atoms with E-state index in [2.05, 4.69) is 127 Å². The van der Waals surface area contributed by atoms with Crippen LogP contribution < -0.4 is 0 Å². The summed E-state index contributed by atoms with van der Waals surface area (Å²) < 4.78 is 59.3. The summed E-state index contributed by atoms with van der Waals surface area (Å²) in [5, 5.41) is 30.8. The van der Waals surface area contributed by atoms with Crippen molar-refractivity contribution in [1.82, 2.24) is 0 Å². The van der Waals surface area contributed by atoms with E-state index < -0.39 is 59.8 Å². The Balaban J connectivity index is 2.37. The van der Waals surface area contributed by atoms with E-state index in [9.17, 15) is 33.1 Å². The van der Waals surface area contributed by atoms with E-state index in [0.717, 1.165) is 122 Å². The highest BCUT2D eigenvalue weighted by molar-refractivity contribution is 7.80. The second-order valence-electron chi connectivity index (χ2n) is 17.7. The topological polar surface area (TPSA) is 178 Å². The predicted octanol–water partition coefficient (Wildman–Crippen LogP) is 12.7.